The Kier molecular flexibility index (Phi) is 1.13. The lowest BCUT2D eigenvalue weighted by Gasteiger charge is -1.92. The number of aliphatic hydroxyl groups excluding tert-OH is 1. The molecule has 1 unspecified atom stereocenters. The SMILES string of the molecule is O=C1OC(Cl)C=C1O. The van der Waals surface area contributed by atoms with Crippen molar-refractivity contribution in [3.8, 4) is 0 Å². The summed E-state index contributed by atoms with van der Waals surface area (Å²) in [6.45, 7) is 0. The summed E-state index contributed by atoms with van der Waals surface area (Å²) in [6.07, 6.45) is 1.13. The average molecular weight is 135 g/mol. The number of hydrogen-bond donors (Lipinski definition) is 1. The van der Waals surface area contributed by atoms with Crippen LogP contribution in [0.25, 0.3) is 0 Å². The highest BCUT2D eigenvalue weighted by Crippen LogP contribution is 2.13. The molecule has 0 amide bonds. The Balaban J connectivity index is 2.73. The number of hydrogen-bond acceptors (Lipinski definition) is 3. The van der Waals surface area contributed by atoms with Crippen molar-refractivity contribution in [3.63, 3.8) is 0 Å². The van der Waals surface area contributed by atoms with E-state index in [9.17, 15) is 4.79 Å². The van der Waals surface area contributed by atoms with Gasteiger partial charge in [-0.05, 0) is 0 Å². The van der Waals surface area contributed by atoms with Crippen molar-refractivity contribution in [2.45, 2.75) is 5.56 Å². The molecule has 0 aliphatic carbocycles. The first-order valence-electron chi connectivity index (χ1n) is 1.96. The summed E-state index contributed by atoms with van der Waals surface area (Å²) >= 11 is 5.22. The lowest BCUT2D eigenvalue weighted by Crippen LogP contribution is -2.01. The fraction of sp³-hybridized carbons (Fsp3) is 0.250. The Morgan fingerprint density at radius 3 is 2.62 bits per heavy atom. The van der Waals surface area contributed by atoms with Crippen LogP contribution in [-0.2, 0) is 9.53 Å². The molecule has 1 atom stereocenters. The molecule has 1 heterocycles. The monoisotopic (exact) mass is 134 g/mol. The number of cyclic esters (lactones) is 1. The van der Waals surface area contributed by atoms with Crippen LogP contribution in [0.15, 0.2) is 11.8 Å². The number of aliphatic hydroxyl groups is 1. The van der Waals surface area contributed by atoms with Crippen LogP contribution in [0.3, 0.4) is 0 Å². The zero-order valence-electron chi connectivity index (χ0n) is 3.80. The first-order valence-corrected chi connectivity index (χ1v) is 2.39. The Hall–Kier alpha value is -0.700. The Morgan fingerprint density at radius 1 is 1.88 bits per heavy atom. The summed E-state index contributed by atoms with van der Waals surface area (Å²) in [5, 5.41) is 8.47. The fourth-order valence-corrected chi connectivity index (χ4v) is 0.589. The molecule has 0 aromatic carbocycles. The molecule has 0 bridgehead atoms. The molecular formula is C4H3ClO3. The lowest BCUT2D eigenvalue weighted by molar-refractivity contribution is -0.139. The highest BCUT2D eigenvalue weighted by Gasteiger charge is 2.22. The van der Waals surface area contributed by atoms with Crippen LogP contribution >= 0.6 is 11.6 Å². The summed E-state index contributed by atoms with van der Waals surface area (Å²) in [6, 6.07) is 0. The molecular weight excluding hydrogens is 131 g/mol. The molecule has 0 saturated heterocycles. The maximum Gasteiger partial charge on any atom is 0.374 e. The highest BCUT2D eigenvalue weighted by atomic mass is 35.5. The third-order valence-electron chi connectivity index (χ3n) is 0.718. The van der Waals surface area contributed by atoms with E-state index >= 15 is 0 Å². The smallest absolute Gasteiger partial charge is 0.374 e. The van der Waals surface area contributed by atoms with Crippen molar-refractivity contribution in [2.75, 3.05) is 0 Å². The van der Waals surface area contributed by atoms with Crippen LogP contribution in [-0.4, -0.2) is 16.6 Å². The van der Waals surface area contributed by atoms with Crippen molar-refractivity contribution >= 4 is 17.6 Å². The second kappa shape index (κ2) is 1.67. The van der Waals surface area contributed by atoms with E-state index in [4.69, 9.17) is 16.7 Å². The molecule has 44 valence electrons. The number of alkyl halides is 1. The van der Waals surface area contributed by atoms with E-state index in [2.05, 4.69) is 4.74 Å². The Morgan fingerprint density at radius 2 is 2.50 bits per heavy atom. The minimum absolute atomic E-state index is 0.412. The lowest BCUT2D eigenvalue weighted by atomic mass is 10.5. The van der Waals surface area contributed by atoms with E-state index in [1.165, 1.54) is 0 Å². The van der Waals surface area contributed by atoms with Gasteiger partial charge in [0, 0.05) is 6.08 Å². The quantitative estimate of drug-likeness (QED) is 0.389. The summed E-state index contributed by atoms with van der Waals surface area (Å²) in [5.74, 6) is -1.17. The maximum atomic E-state index is 10.2. The number of halogens is 1. The molecule has 1 aliphatic rings. The number of carbonyl (C=O) groups is 1. The van der Waals surface area contributed by atoms with Crippen molar-refractivity contribution < 1.29 is 14.6 Å². The van der Waals surface area contributed by atoms with Gasteiger partial charge in [0.2, 0.25) is 5.76 Å². The summed E-state index contributed by atoms with van der Waals surface area (Å²) in [4.78, 5) is 10.2. The number of rotatable bonds is 0. The summed E-state index contributed by atoms with van der Waals surface area (Å²) < 4.78 is 4.26. The van der Waals surface area contributed by atoms with E-state index < -0.39 is 17.3 Å². The largest absolute Gasteiger partial charge is 0.502 e. The van der Waals surface area contributed by atoms with Gasteiger partial charge in [-0.25, -0.2) is 4.79 Å². The molecule has 0 saturated carbocycles. The first kappa shape index (κ1) is 5.44. The van der Waals surface area contributed by atoms with Gasteiger partial charge in [-0.15, -0.1) is 0 Å². The third kappa shape index (κ3) is 0.767. The predicted molar refractivity (Wildman–Crippen MR) is 26.4 cm³/mol. The molecule has 4 heteroatoms. The van der Waals surface area contributed by atoms with Crippen LogP contribution in [0.1, 0.15) is 0 Å². The maximum absolute atomic E-state index is 10.2. The van der Waals surface area contributed by atoms with Crippen LogP contribution < -0.4 is 0 Å². The van der Waals surface area contributed by atoms with Gasteiger partial charge < -0.3 is 9.84 Å². The van der Waals surface area contributed by atoms with Gasteiger partial charge in [0.1, 0.15) is 0 Å². The van der Waals surface area contributed by atoms with Crippen LogP contribution in [0, 0.1) is 0 Å². The fourth-order valence-electron chi connectivity index (χ4n) is 0.389. The predicted octanol–water partition coefficient (Wildman–Crippen LogP) is 0.550. The Labute approximate surface area is 50.5 Å². The zero-order valence-corrected chi connectivity index (χ0v) is 4.55. The number of esters is 1. The van der Waals surface area contributed by atoms with Gasteiger partial charge in [-0.2, -0.15) is 0 Å². The molecule has 3 nitrogen and oxygen atoms in total. The minimum atomic E-state index is -0.789. The van der Waals surface area contributed by atoms with Gasteiger partial charge in [-0.3, -0.25) is 0 Å². The average Bonchev–Trinajstić information content (AvgIpc) is 1.85. The second-order valence-electron chi connectivity index (χ2n) is 1.31. The molecule has 0 fully saturated rings. The normalized spacial score (nSPS) is 27.4. The van der Waals surface area contributed by atoms with Crippen molar-refractivity contribution in [3.05, 3.63) is 11.8 Å². The molecule has 8 heavy (non-hydrogen) atoms. The first-order chi connectivity index (χ1) is 3.70. The minimum Gasteiger partial charge on any atom is -0.502 e. The molecule has 1 N–H and O–H groups in total. The number of ether oxygens (including phenoxy) is 1. The molecule has 1 rings (SSSR count). The molecule has 0 aromatic rings. The van der Waals surface area contributed by atoms with Gasteiger partial charge in [0.25, 0.3) is 0 Å². The van der Waals surface area contributed by atoms with Crippen molar-refractivity contribution in [1.29, 1.82) is 0 Å². The van der Waals surface area contributed by atoms with Gasteiger partial charge in [0.05, 0.1) is 0 Å². The van der Waals surface area contributed by atoms with Crippen LogP contribution in [0.2, 0.25) is 0 Å². The molecule has 0 radical (unpaired) electrons. The molecule has 0 spiro atoms. The van der Waals surface area contributed by atoms with Crippen molar-refractivity contribution in [1.82, 2.24) is 0 Å². The summed E-state index contributed by atoms with van der Waals surface area (Å²) in [7, 11) is 0. The topological polar surface area (TPSA) is 46.5 Å². The number of carbonyl (C=O) groups excluding carboxylic acids is 1. The van der Waals surface area contributed by atoms with Gasteiger partial charge >= 0.3 is 5.97 Å². The molecule has 1 aliphatic heterocycles. The Bertz CT molecular complexity index is 151. The van der Waals surface area contributed by atoms with E-state index in [0.717, 1.165) is 6.08 Å². The third-order valence-corrected chi connectivity index (χ3v) is 0.933. The highest BCUT2D eigenvalue weighted by molar-refractivity contribution is 6.22. The second-order valence-corrected chi connectivity index (χ2v) is 1.74. The van der Waals surface area contributed by atoms with Crippen LogP contribution in [0.4, 0.5) is 0 Å². The summed E-state index contributed by atoms with van der Waals surface area (Å²) in [5.41, 5.74) is -0.789. The zero-order chi connectivity index (χ0) is 6.15. The molecule has 0 aromatic heterocycles. The van der Waals surface area contributed by atoms with E-state index in [0.29, 0.717) is 0 Å². The van der Waals surface area contributed by atoms with E-state index in [1.807, 2.05) is 0 Å². The standard InChI is InChI=1S/C4H3ClO3/c5-3-1-2(6)4(7)8-3/h1,3,6H. The van der Waals surface area contributed by atoms with E-state index in [-0.39, 0.29) is 0 Å². The van der Waals surface area contributed by atoms with E-state index in [1.54, 1.807) is 0 Å². The van der Waals surface area contributed by atoms with Crippen molar-refractivity contribution in [2.24, 2.45) is 0 Å². The van der Waals surface area contributed by atoms with Gasteiger partial charge in [0.15, 0.2) is 5.56 Å². The van der Waals surface area contributed by atoms with Gasteiger partial charge in [-0.1, -0.05) is 11.6 Å². The van der Waals surface area contributed by atoms with Crippen LogP contribution in [0.5, 0.6) is 0 Å².